The van der Waals surface area contributed by atoms with Gasteiger partial charge in [-0.25, -0.2) is 4.79 Å². The molecule has 0 aromatic heterocycles. The number of hydrogen-bond acceptors (Lipinski definition) is 4. The molecule has 1 aromatic carbocycles. The lowest BCUT2D eigenvalue weighted by Gasteiger charge is -2.22. The fraction of sp³-hybridized carbons (Fsp3) is 0.600. The summed E-state index contributed by atoms with van der Waals surface area (Å²) >= 11 is 0. The molecule has 27 heavy (non-hydrogen) atoms. The lowest BCUT2D eigenvalue weighted by molar-refractivity contribution is -0.121. The van der Waals surface area contributed by atoms with Gasteiger partial charge in [0.1, 0.15) is 6.61 Å². The average Bonchev–Trinajstić information content (AvgIpc) is 2.69. The van der Waals surface area contributed by atoms with Gasteiger partial charge in [-0.15, -0.1) is 0 Å². The topological polar surface area (TPSA) is 88.7 Å². The molecule has 1 aliphatic rings. The Bertz CT molecular complexity index is 588. The highest BCUT2D eigenvalue weighted by molar-refractivity contribution is 5.76. The van der Waals surface area contributed by atoms with Crippen molar-refractivity contribution in [2.45, 2.75) is 51.0 Å². The van der Waals surface area contributed by atoms with E-state index in [4.69, 9.17) is 9.47 Å². The summed E-state index contributed by atoms with van der Waals surface area (Å²) in [6.07, 6.45) is 6.74. The molecule has 3 N–H and O–H groups in total. The molecule has 7 heteroatoms. The van der Waals surface area contributed by atoms with E-state index in [1.165, 1.54) is 19.3 Å². The van der Waals surface area contributed by atoms with Crippen LogP contribution in [0.1, 0.15) is 44.9 Å². The second-order valence-electron chi connectivity index (χ2n) is 6.69. The van der Waals surface area contributed by atoms with Gasteiger partial charge in [0.2, 0.25) is 5.91 Å². The Morgan fingerprint density at radius 2 is 1.78 bits per heavy atom. The number of nitrogens with one attached hydrogen (secondary N) is 3. The molecule has 0 bridgehead atoms. The number of ether oxygens (including phenoxy) is 2. The fourth-order valence-corrected chi connectivity index (χ4v) is 3.11. The monoisotopic (exact) mass is 377 g/mol. The van der Waals surface area contributed by atoms with Gasteiger partial charge >= 0.3 is 6.03 Å². The highest BCUT2D eigenvalue weighted by Crippen LogP contribution is 2.25. The average molecular weight is 377 g/mol. The van der Waals surface area contributed by atoms with Gasteiger partial charge in [0.25, 0.3) is 0 Å². The van der Waals surface area contributed by atoms with Crippen LogP contribution in [0.5, 0.6) is 11.5 Å². The van der Waals surface area contributed by atoms with Gasteiger partial charge in [0.05, 0.1) is 13.7 Å². The standard InChI is InChI=1S/C20H31N3O4/c1-26-17-10-5-6-11-18(17)27-15-14-21-19(24)12-7-13-22-20(25)23-16-8-3-2-4-9-16/h5-6,10-11,16H,2-4,7-9,12-15H2,1H3,(H,21,24)(H2,22,23,25). The Kier molecular flexibility index (Phi) is 9.30. The minimum atomic E-state index is -0.132. The van der Waals surface area contributed by atoms with Crippen molar-refractivity contribution in [2.75, 3.05) is 26.8 Å². The van der Waals surface area contributed by atoms with E-state index in [-0.39, 0.29) is 11.9 Å². The number of methoxy groups -OCH3 is 1. The lowest BCUT2D eigenvalue weighted by Crippen LogP contribution is -2.43. The molecule has 0 unspecified atom stereocenters. The molecule has 0 aliphatic heterocycles. The van der Waals surface area contributed by atoms with Crippen molar-refractivity contribution in [3.63, 3.8) is 0 Å². The molecule has 1 aromatic rings. The first-order valence-corrected chi connectivity index (χ1v) is 9.76. The van der Waals surface area contributed by atoms with E-state index < -0.39 is 0 Å². The zero-order valence-corrected chi connectivity index (χ0v) is 16.1. The summed E-state index contributed by atoms with van der Waals surface area (Å²) in [6, 6.07) is 7.55. The second kappa shape index (κ2) is 12.0. The minimum Gasteiger partial charge on any atom is -0.493 e. The lowest BCUT2D eigenvalue weighted by atomic mass is 9.96. The molecule has 1 fully saturated rings. The Morgan fingerprint density at radius 1 is 1.04 bits per heavy atom. The molecule has 0 radical (unpaired) electrons. The minimum absolute atomic E-state index is 0.0480. The molecule has 0 heterocycles. The third kappa shape index (κ3) is 8.19. The van der Waals surface area contributed by atoms with Crippen LogP contribution >= 0.6 is 0 Å². The van der Waals surface area contributed by atoms with Crippen LogP contribution in [-0.4, -0.2) is 44.8 Å². The van der Waals surface area contributed by atoms with E-state index >= 15 is 0 Å². The second-order valence-corrected chi connectivity index (χ2v) is 6.69. The molecular weight excluding hydrogens is 346 g/mol. The summed E-state index contributed by atoms with van der Waals surface area (Å²) < 4.78 is 10.8. The number of benzene rings is 1. The van der Waals surface area contributed by atoms with Crippen molar-refractivity contribution < 1.29 is 19.1 Å². The summed E-state index contributed by atoms with van der Waals surface area (Å²) in [6.45, 7) is 1.28. The van der Waals surface area contributed by atoms with Crippen LogP contribution in [0.3, 0.4) is 0 Å². The van der Waals surface area contributed by atoms with Gasteiger partial charge in [-0.05, 0) is 31.4 Å². The van der Waals surface area contributed by atoms with Gasteiger partial charge in [-0.3, -0.25) is 4.79 Å². The molecule has 2 rings (SSSR count). The van der Waals surface area contributed by atoms with Crippen LogP contribution in [0.4, 0.5) is 4.79 Å². The first-order chi connectivity index (χ1) is 13.2. The van der Waals surface area contributed by atoms with Gasteiger partial charge in [-0.1, -0.05) is 31.4 Å². The molecule has 0 atom stereocenters. The summed E-state index contributed by atoms with van der Waals surface area (Å²) in [5, 5.41) is 8.63. The summed E-state index contributed by atoms with van der Waals surface area (Å²) in [7, 11) is 1.59. The molecule has 3 amide bonds. The van der Waals surface area contributed by atoms with Crippen LogP contribution < -0.4 is 25.4 Å². The van der Waals surface area contributed by atoms with Crippen LogP contribution in [0.2, 0.25) is 0 Å². The maximum absolute atomic E-state index is 11.8. The van der Waals surface area contributed by atoms with Gasteiger partial charge in [0.15, 0.2) is 11.5 Å². The molecule has 1 aliphatic carbocycles. The number of hydrogen-bond donors (Lipinski definition) is 3. The largest absolute Gasteiger partial charge is 0.493 e. The van der Waals surface area contributed by atoms with E-state index in [1.54, 1.807) is 7.11 Å². The third-order valence-electron chi connectivity index (χ3n) is 4.56. The van der Waals surface area contributed by atoms with Crippen molar-refractivity contribution in [1.82, 2.24) is 16.0 Å². The Balaban J connectivity index is 1.49. The van der Waals surface area contributed by atoms with Crippen molar-refractivity contribution in [1.29, 1.82) is 0 Å². The molecule has 7 nitrogen and oxygen atoms in total. The van der Waals surface area contributed by atoms with Gasteiger partial charge < -0.3 is 25.4 Å². The van der Waals surface area contributed by atoms with Crippen molar-refractivity contribution >= 4 is 11.9 Å². The summed E-state index contributed by atoms with van der Waals surface area (Å²) in [5.41, 5.74) is 0. The smallest absolute Gasteiger partial charge is 0.315 e. The molecule has 0 spiro atoms. The Labute approximate surface area is 161 Å². The maximum Gasteiger partial charge on any atom is 0.315 e. The number of amides is 3. The maximum atomic E-state index is 11.8. The predicted molar refractivity (Wildman–Crippen MR) is 104 cm³/mol. The first kappa shape index (κ1) is 20.9. The number of rotatable bonds is 10. The quantitative estimate of drug-likeness (QED) is 0.547. The zero-order valence-electron chi connectivity index (χ0n) is 16.1. The van der Waals surface area contributed by atoms with Crippen molar-refractivity contribution in [3.8, 4) is 11.5 Å². The Hall–Kier alpha value is -2.44. The third-order valence-corrected chi connectivity index (χ3v) is 4.56. The van der Waals surface area contributed by atoms with Crippen LogP contribution in [-0.2, 0) is 4.79 Å². The Morgan fingerprint density at radius 3 is 2.52 bits per heavy atom. The van der Waals surface area contributed by atoms with E-state index in [2.05, 4.69) is 16.0 Å². The van der Waals surface area contributed by atoms with Gasteiger partial charge in [-0.2, -0.15) is 0 Å². The zero-order chi connectivity index (χ0) is 19.3. The highest BCUT2D eigenvalue weighted by Gasteiger charge is 2.15. The van der Waals surface area contributed by atoms with Gasteiger partial charge in [0, 0.05) is 19.0 Å². The van der Waals surface area contributed by atoms with E-state index in [0.29, 0.717) is 50.1 Å². The van der Waals surface area contributed by atoms with Crippen LogP contribution in [0.15, 0.2) is 24.3 Å². The highest BCUT2D eigenvalue weighted by atomic mass is 16.5. The number of carbonyl (C=O) groups excluding carboxylic acids is 2. The fourth-order valence-electron chi connectivity index (χ4n) is 3.11. The van der Waals surface area contributed by atoms with Crippen molar-refractivity contribution in [3.05, 3.63) is 24.3 Å². The predicted octanol–water partition coefficient (Wildman–Crippen LogP) is 2.60. The number of urea groups is 1. The van der Waals surface area contributed by atoms with Crippen molar-refractivity contribution in [2.24, 2.45) is 0 Å². The van der Waals surface area contributed by atoms with E-state index in [1.807, 2.05) is 24.3 Å². The summed E-state index contributed by atoms with van der Waals surface area (Å²) in [4.78, 5) is 23.6. The normalized spacial score (nSPS) is 14.3. The molecule has 0 saturated heterocycles. The molecule has 150 valence electrons. The van der Waals surface area contributed by atoms with E-state index in [9.17, 15) is 9.59 Å². The molecular formula is C20H31N3O4. The van der Waals surface area contributed by atoms with Crippen LogP contribution in [0.25, 0.3) is 0 Å². The SMILES string of the molecule is COc1ccccc1OCCNC(=O)CCCNC(=O)NC1CCCCC1. The van der Waals surface area contributed by atoms with Crippen LogP contribution in [0, 0.1) is 0 Å². The van der Waals surface area contributed by atoms with E-state index in [0.717, 1.165) is 12.8 Å². The summed E-state index contributed by atoms with van der Waals surface area (Å²) in [5.74, 6) is 1.27. The number of para-hydroxylation sites is 2. The first-order valence-electron chi connectivity index (χ1n) is 9.76. The molecule has 1 saturated carbocycles. The number of carbonyl (C=O) groups is 2.